The van der Waals surface area contributed by atoms with Gasteiger partial charge in [-0.05, 0) is 13.0 Å². The second-order valence-electron chi connectivity index (χ2n) is 4.72. The van der Waals surface area contributed by atoms with Crippen LogP contribution in [0.4, 0.5) is 11.4 Å². The molecule has 1 fully saturated rings. The average molecular weight is 274 g/mol. The number of carbonyl (C=O) groups is 2. The highest BCUT2D eigenvalue weighted by atomic mass is 16.6. The Labute approximate surface area is 115 Å². The smallest absolute Gasteiger partial charge is 0.270 e. The molecule has 0 radical (unpaired) electrons. The predicted octanol–water partition coefficient (Wildman–Crippen LogP) is 2.34. The lowest BCUT2D eigenvalue weighted by atomic mass is 10.1. The monoisotopic (exact) mass is 274 g/mol. The van der Waals surface area contributed by atoms with Gasteiger partial charge in [0.05, 0.1) is 10.6 Å². The van der Waals surface area contributed by atoms with Crippen molar-refractivity contribution in [2.45, 2.75) is 13.3 Å². The first-order valence-corrected chi connectivity index (χ1v) is 6.16. The lowest BCUT2D eigenvalue weighted by Gasteiger charge is -2.18. The minimum absolute atomic E-state index is 0.0394. The minimum atomic E-state index is -0.561. The van der Waals surface area contributed by atoms with Crippen molar-refractivity contribution in [3.8, 4) is 0 Å². The molecule has 1 atom stereocenters. The zero-order valence-electron chi connectivity index (χ0n) is 11.0. The molecule has 1 amide bonds. The van der Waals surface area contributed by atoms with E-state index >= 15 is 0 Å². The zero-order chi connectivity index (χ0) is 14.9. The minimum Gasteiger partial charge on any atom is -0.311 e. The summed E-state index contributed by atoms with van der Waals surface area (Å²) >= 11 is 0. The number of nitro benzene ring substituents is 1. The van der Waals surface area contributed by atoms with Gasteiger partial charge in [0, 0.05) is 36.6 Å². The van der Waals surface area contributed by atoms with Crippen molar-refractivity contribution in [1.29, 1.82) is 0 Å². The predicted molar refractivity (Wildman–Crippen MR) is 73.8 cm³/mol. The van der Waals surface area contributed by atoms with Crippen molar-refractivity contribution in [2.75, 3.05) is 11.4 Å². The third-order valence-electron chi connectivity index (χ3n) is 3.35. The van der Waals surface area contributed by atoms with Gasteiger partial charge < -0.3 is 4.90 Å². The maximum absolute atomic E-state index is 12.0. The standard InChI is InChI=1S/C14H14N2O4/c1-3-10-6-14(18)15(8-10)13-5-4-11(16(19)20)7-12(13)9(2)17/h3-5,7,10H,1,6,8H2,2H3. The molecule has 2 rings (SSSR count). The van der Waals surface area contributed by atoms with E-state index in [0.29, 0.717) is 18.7 Å². The van der Waals surface area contributed by atoms with Gasteiger partial charge in [0.1, 0.15) is 0 Å². The van der Waals surface area contributed by atoms with Crippen molar-refractivity contribution < 1.29 is 14.5 Å². The van der Waals surface area contributed by atoms with Crippen LogP contribution in [0.3, 0.4) is 0 Å². The van der Waals surface area contributed by atoms with Crippen molar-refractivity contribution in [2.24, 2.45) is 5.92 Å². The van der Waals surface area contributed by atoms with E-state index in [1.54, 1.807) is 6.08 Å². The molecule has 1 heterocycles. The number of nitro groups is 1. The van der Waals surface area contributed by atoms with Gasteiger partial charge in [0.15, 0.2) is 5.78 Å². The first-order valence-electron chi connectivity index (χ1n) is 6.16. The number of benzene rings is 1. The van der Waals surface area contributed by atoms with E-state index in [2.05, 4.69) is 6.58 Å². The quantitative estimate of drug-likeness (QED) is 0.365. The van der Waals surface area contributed by atoms with Gasteiger partial charge in [-0.1, -0.05) is 6.08 Å². The fourth-order valence-electron chi connectivity index (χ4n) is 2.28. The SMILES string of the molecule is C=CC1CC(=O)N(c2ccc([N+](=O)[O-])cc2C(C)=O)C1. The normalized spacial score (nSPS) is 18.1. The summed E-state index contributed by atoms with van der Waals surface area (Å²) in [7, 11) is 0. The van der Waals surface area contributed by atoms with Crippen LogP contribution >= 0.6 is 0 Å². The summed E-state index contributed by atoms with van der Waals surface area (Å²) in [5, 5.41) is 10.8. The van der Waals surface area contributed by atoms with Crippen LogP contribution in [-0.4, -0.2) is 23.2 Å². The molecule has 1 saturated heterocycles. The molecule has 0 spiro atoms. The summed E-state index contributed by atoms with van der Waals surface area (Å²) in [6.45, 7) is 5.44. The lowest BCUT2D eigenvalue weighted by Crippen LogP contribution is -2.26. The summed E-state index contributed by atoms with van der Waals surface area (Å²) in [5.74, 6) is -0.373. The van der Waals surface area contributed by atoms with Crippen LogP contribution in [-0.2, 0) is 4.79 Å². The number of hydrogen-bond acceptors (Lipinski definition) is 4. The fraction of sp³-hybridized carbons (Fsp3) is 0.286. The highest BCUT2D eigenvalue weighted by molar-refractivity contribution is 6.06. The Bertz CT molecular complexity index is 609. The number of nitrogens with zero attached hydrogens (tertiary/aromatic N) is 2. The number of rotatable bonds is 4. The Morgan fingerprint density at radius 2 is 2.25 bits per heavy atom. The van der Waals surface area contributed by atoms with Gasteiger partial charge in [0.25, 0.3) is 5.69 Å². The van der Waals surface area contributed by atoms with Crippen LogP contribution in [0.25, 0.3) is 0 Å². The Hall–Kier alpha value is -2.50. The summed E-state index contributed by atoms with van der Waals surface area (Å²) in [6, 6.07) is 3.97. The summed E-state index contributed by atoms with van der Waals surface area (Å²) < 4.78 is 0. The molecule has 1 aromatic rings. The van der Waals surface area contributed by atoms with Gasteiger partial charge in [0.2, 0.25) is 5.91 Å². The van der Waals surface area contributed by atoms with Gasteiger partial charge >= 0.3 is 0 Å². The van der Waals surface area contributed by atoms with Crippen LogP contribution in [0.5, 0.6) is 0 Å². The zero-order valence-corrected chi connectivity index (χ0v) is 11.0. The molecule has 0 saturated carbocycles. The highest BCUT2D eigenvalue weighted by Gasteiger charge is 2.31. The molecule has 0 aromatic heterocycles. The Morgan fingerprint density at radius 1 is 1.55 bits per heavy atom. The third-order valence-corrected chi connectivity index (χ3v) is 3.35. The van der Waals surface area contributed by atoms with Crippen LogP contribution in [0.15, 0.2) is 30.9 Å². The number of hydrogen-bond donors (Lipinski definition) is 0. The molecule has 6 nitrogen and oxygen atoms in total. The van der Waals surface area contributed by atoms with Gasteiger partial charge in [-0.2, -0.15) is 0 Å². The average Bonchev–Trinajstić information content (AvgIpc) is 2.79. The maximum Gasteiger partial charge on any atom is 0.270 e. The maximum atomic E-state index is 12.0. The van der Waals surface area contributed by atoms with Crippen molar-refractivity contribution >= 4 is 23.1 Å². The topological polar surface area (TPSA) is 80.5 Å². The van der Waals surface area contributed by atoms with Crippen molar-refractivity contribution in [3.05, 3.63) is 46.5 Å². The number of ketones is 1. The Balaban J connectivity index is 2.46. The van der Waals surface area contributed by atoms with E-state index < -0.39 is 4.92 Å². The molecule has 1 aromatic carbocycles. The molecule has 1 aliphatic rings. The molecule has 0 N–H and O–H groups in total. The summed E-state index contributed by atoms with van der Waals surface area (Å²) in [4.78, 5) is 35.3. The van der Waals surface area contributed by atoms with Crippen LogP contribution in [0.1, 0.15) is 23.7 Å². The van der Waals surface area contributed by atoms with E-state index in [9.17, 15) is 19.7 Å². The molecule has 0 aliphatic carbocycles. The first kappa shape index (κ1) is 13.9. The highest BCUT2D eigenvalue weighted by Crippen LogP contribution is 2.31. The van der Waals surface area contributed by atoms with E-state index in [4.69, 9.17) is 0 Å². The van der Waals surface area contributed by atoms with Crippen LogP contribution in [0, 0.1) is 16.0 Å². The van der Waals surface area contributed by atoms with Gasteiger partial charge in [-0.3, -0.25) is 19.7 Å². The van der Waals surface area contributed by atoms with Crippen LogP contribution in [0.2, 0.25) is 0 Å². The molecule has 6 heteroatoms. The molecule has 0 bridgehead atoms. The molecule has 1 unspecified atom stereocenters. The summed E-state index contributed by atoms with van der Waals surface area (Å²) in [5.41, 5.74) is 0.459. The number of Topliss-reactive ketones (excluding diaryl/α,β-unsaturated/α-hetero) is 1. The third kappa shape index (κ3) is 2.45. The molecule has 1 aliphatic heterocycles. The summed E-state index contributed by atoms with van der Waals surface area (Å²) in [6.07, 6.45) is 2.05. The fourth-order valence-corrected chi connectivity index (χ4v) is 2.28. The van der Waals surface area contributed by atoms with E-state index in [1.807, 2.05) is 0 Å². The molecule has 20 heavy (non-hydrogen) atoms. The second kappa shape index (κ2) is 5.24. The van der Waals surface area contributed by atoms with Crippen molar-refractivity contribution in [1.82, 2.24) is 0 Å². The number of anilines is 1. The van der Waals surface area contributed by atoms with Gasteiger partial charge in [-0.25, -0.2) is 0 Å². The van der Waals surface area contributed by atoms with E-state index in [-0.39, 0.29) is 28.9 Å². The van der Waals surface area contributed by atoms with E-state index in [0.717, 1.165) is 0 Å². The van der Waals surface area contributed by atoms with Crippen LogP contribution < -0.4 is 4.90 Å². The Morgan fingerprint density at radius 3 is 2.75 bits per heavy atom. The van der Waals surface area contributed by atoms with E-state index in [1.165, 1.54) is 30.0 Å². The number of carbonyl (C=O) groups excluding carboxylic acids is 2. The largest absolute Gasteiger partial charge is 0.311 e. The Kier molecular flexibility index (Phi) is 3.65. The number of non-ortho nitro benzene ring substituents is 1. The second-order valence-corrected chi connectivity index (χ2v) is 4.72. The molecular formula is C14H14N2O4. The number of amides is 1. The molecular weight excluding hydrogens is 260 g/mol. The first-order chi connectivity index (χ1) is 9.43. The van der Waals surface area contributed by atoms with Gasteiger partial charge in [-0.15, -0.1) is 6.58 Å². The van der Waals surface area contributed by atoms with Crippen molar-refractivity contribution in [3.63, 3.8) is 0 Å². The molecule has 104 valence electrons. The lowest BCUT2D eigenvalue weighted by molar-refractivity contribution is -0.384.